The number of methoxy groups -OCH3 is 1. The summed E-state index contributed by atoms with van der Waals surface area (Å²) < 4.78 is 10.5. The van der Waals surface area contributed by atoms with Crippen LogP contribution in [-0.2, 0) is 16.0 Å². The third-order valence-corrected chi connectivity index (χ3v) is 4.53. The summed E-state index contributed by atoms with van der Waals surface area (Å²) in [5, 5.41) is 11.7. The molecule has 0 spiro atoms. The quantitative estimate of drug-likeness (QED) is 0.689. The standard InChI is InChI=1S/C22H27NO5/c1-15(16-9-11-18(12-10-16)28-14-20(24)25)23-21(26)22(2,3)13-17-7-5-6-8-19(17)27-4/h5-12,15H,13-14H2,1-4H3,(H,23,26)(H,24,25). The van der Waals surface area contributed by atoms with Gasteiger partial charge < -0.3 is 19.9 Å². The molecule has 2 N–H and O–H groups in total. The van der Waals surface area contributed by atoms with Gasteiger partial charge in [-0.25, -0.2) is 4.79 Å². The molecule has 2 aromatic carbocycles. The second-order valence-electron chi connectivity index (χ2n) is 7.32. The zero-order valence-corrected chi connectivity index (χ0v) is 16.7. The fourth-order valence-corrected chi connectivity index (χ4v) is 2.88. The first kappa shape index (κ1) is 21.3. The van der Waals surface area contributed by atoms with Crippen molar-refractivity contribution in [2.75, 3.05) is 13.7 Å². The zero-order valence-electron chi connectivity index (χ0n) is 16.7. The van der Waals surface area contributed by atoms with Crippen molar-refractivity contribution in [2.45, 2.75) is 33.2 Å². The molecule has 0 fully saturated rings. The van der Waals surface area contributed by atoms with E-state index in [4.69, 9.17) is 14.6 Å². The number of para-hydroxylation sites is 1. The minimum Gasteiger partial charge on any atom is -0.496 e. The van der Waals surface area contributed by atoms with E-state index in [1.165, 1.54) is 0 Å². The first-order chi connectivity index (χ1) is 13.2. The zero-order chi connectivity index (χ0) is 20.7. The molecule has 0 aliphatic rings. The fraction of sp³-hybridized carbons (Fsp3) is 0.364. The lowest BCUT2D eigenvalue weighted by atomic mass is 9.84. The van der Waals surface area contributed by atoms with Gasteiger partial charge in [0.1, 0.15) is 11.5 Å². The first-order valence-electron chi connectivity index (χ1n) is 9.10. The SMILES string of the molecule is COc1ccccc1CC(C)(C)C(=O)NC(C)c1ccc(OCC(=O)O)cc1. The maximum Gasteiger partial charge on any atom is 0.341 e. The number of hydrogen-bond donors (Lipinski definition) is 2. The number of carboxylic acids is 1. The third-order valence-electron chi connectivity index (χ3n) is 4.53. The van der Waals surface area contributed by atoms with Crippen molar-refractivity contribution in [1.29, 1.82) is 0 Å². The molecule has 2 aromatic rings. The molecule has 150 valence electrons. The fourth-order valence-electron chi connectivity index (χ4n) is 2.88. The number of ether oxygens (including phenoxy) is 2. The summed E-state index contributed by atoms with van der Waals surface area (Å²) in [6.45, 7) is 5.33. The van der Waals surface area contributed by atoms with Gasteiger partial charge >= 0.3 is 5.97 Å². The van der Waals surface area contributed by atoms with E-state index in [9.17, 15) is 9.59 Å². The second kappa shape index (κ2) is 9.26. The Labute approximate surface area is 165 Å². The molecule has 0 saturated heterocycles. The van der Waals surface area contributed by atoms with Gasteiger partial charge in [-0.15, -0.1) is 0 Å². The van der Waals surface area contributed by atoms with Crippen molar-refractivity contribution in [1.82, 2.24) is 5.32 Å². The van der Waals surface area contributed by atoms with E-state index in [2.05, 4.69) is 5.32 Å². The van der Waals surface area contributed by atoms with Crippen LogP contribution in [0.25, 0.3) is 0 Å². The minimum atomic E-state index is -1.03. The third kappa shape index (κ3) is 5.74. The highest BCUT2D eigenvalue weighted by atomic mass is 16.5. The average Bonchev–Trinajstić information content (AvgIpc) is 2.66. The lowest BCUT2D eigenvalue weighted by Gasteiger charge is -2.27. The van der Waals surface area contributed by atoms with Gasteiger partial charge in [-0.1, -0.05) is 44.2 Å². The molecule has 1 unspecified atom stereocenters. The van der Waals surface area contributed by atoms with Crippen LogP contribution in [0.5, 0.6) is 11.5 Å². The van der Waals surface area contributed by atoms with Gasteiger partial charge in [-0.3, -0.25) is 4.79 Å². The number of carboxylic acid groups (broad SMARTS) is 1. The lowest BCUT2D eigenvalue weighted by molar-refractivity contribution is -0.139. The minimum absolute atomic E-state index is 0.0582. The van der Waals surface area contributed by atoms with E-state index in [1.807, 2.05) is 57.2 Å². The molecule has 0 heterocycles. The number of amides is 1. The Bertz CT molecular complexity index is 814. The smallest absolute Gasteiger partial charge is 0.341 e. The Kier molecular flexibility index (Phi) is 7.04. The molecular formula is C22H27NO5. The van der Waals surface area contributed by atoms with Crippen molar-refractivity contribution in [2.24, 2.45) is 5.41 Å². The van der Waals surface area contributed by atoms with Crippen LogP contribution >= 0.6 is 0 Å². The van der Waals surface area contributed by atoms with Gasteiger partial charge in [-0.2, -0.15) is 0 Å². The van der Waals surface area contributed by atoms with Gasteiger partial charge in [0, 0.05) is 5.41 Å². The molecule has 6 nitrogen and oxygen atoms in total. The molecule has 0 saturated carbocycles. The molecule has 1 atom stereocenters. The summed E-state index contributed by atoms with van der Waals surface area (Å²) in [5.74, 6) is 0.161. The van der Waals surface area contributed by atoms with Crippen LogP contribution in [0.4, 0.5) is 0 Å². The Morgan fingerprint density at radius 1 is 1.11 bits per heavy atom. The highest BCUT2D eigenvalue weighted by Gasteiger charge is 2.30. The predicted octanol–water partition coefficient (Wildman–Crippen LogP) is 3.60. The van der Waals surface area contributed by atoms with E-state index in [0.29, 0.717) is 12.2 Å². The molecule has 6 heteroatoms. The highest BCUT2D eigenvalue weighted by Crippen LogP contribution is 2.29. The topological polar surface area (TPSA) is 84.9 Å². The normalized spacial score (nSPS) is 12.1. The van der Waals surface area contributed by atoms with E-state index in [-0.39, 0.29) is 18.6 Å². The van der Waals surface area contributed by atoms with Crippen LogP contribution in [-0.4, -0.2) is 30.7 Å². The summed E-state index contributed by atoms with van der Waals surface area (Å²) in [5.41, 5.74) is 1.27. The van der Waals surface area contributed by atoms with Gasteiger partial charge in [-0.05, 0) is 42.7 Å². The summed E-state index contributed by atoms with van der Waals surface area (Å²) in [6, 6.07) is 14.5. The molecule has 0 aromatic heterocycles. The predicted molar refractivity (Wildman–Crippen MR) is 107 cm³/mol. The summed E-state index contributed by atoms with van der Waals surface area (Å²) in [7, 11) is 1.62. The van der Waals surface area contributed by atoms with Crippen molar-refractivity contribution in [3.63, 3.8) is 0 Å². The largest absolute Gasteiger partial charge is 0.496 e. The maximum absolute atomic E-state index is 12.9. The Morgan fingerprint density at radius 3 is 2.36 bits per heavy atom. The molecule has 0 bridgehead atoms. The number of benzene rings is 2. The van der Waals surface area contributed by atoms with Crippen LogP contribution in [0.2, 0.25) is 0 Å². The number of carbonyl (C=O) groups excluding carboxylic acids is 1. The van der Waals surface area contributed by atoms with Gasteiger partial charge in [0.05, 0.1) is 13.2 Å². The van der Waals surface area contributed by atoms with E-state index >= 15 is 0 Å². The van der Waals surface area contributed by atoms with Crippen LogP contribution in [0.15, 0.2) is 48.5 Å². The van der Waals surface area contributed by atoms with Crippen molar-refractivity contribution >= 4 is 11.9 Å². The molecule has 0 radical (unpaired) electrons. The van der Waals surface area contributed by atoms with E-state index in [1.54, 1.807) is 19.2 Å². The Morgan fingerprint density at radius 2 is 1.75 bits per heavy atom. The van der Waals surface area contributed by atoms with Crippen LogP contribution in [0.1, 0.15) is 37.9 Å². The van der Waals surface area contributed by atoms with Gasteiger partial charge in [0.15, 0.2) is 6.61 Å². The Hall–Kier alpha value is -3.02. The van der Waals surface area contributed by atoms with Gasteiger partial charge in [0.25, 0.3) is 0 Å². The molecule has 0 aliphatic heterocycles. The van der Waals surface area contributed by atoms with Crippen molar-refractivity contribution < 1.29 is 24.2 Å². The molecule has 0 aliphatic carbocycles. The van der Waals surface area contributed by atoms with Crippen LogP contribution in [0.3, 0.4) is 0 Å². The van der Waals surface area contributed by atoms with Crippen LogP contribution < -0.4 is 14.8 Å². The molecular weight excluding hydrogens is 358 g/mol. The number of aliphatic carboxylic acids is 1. The summed E-state index contributed by atoms with van der Waals surface area (Å²) in [6.07, 6.45) is 0.553. The molecule has 28 heavy (non-hydrogen) atoms. The van der Waals surface area contributed by atoms with Crippen molar-refractivity contribution in [3.8, 4) is 11.5 Å². The number of nitrogens with one attached hydrogen (secondary N) is 1. The molecule has 2 rings (SSSR count). The second-order valence-corrected chi connectivity index (χ2v) is 7.32. The summed E-state index contributed by atoms with van der Waals surface area (Å²) in [4.78, 5) is 23.4. The first-order valence-corrected chi connectivity index (χ1v) is 9.10. The number of carbonyl (C=O) groups is 2. The van der Waals surface area contributed by atoms with Crippen LogP contribution in [0, 0.1) is 5.41 Å². The maximum atomic E-state index is 12.9. The van der Waals surface area contributed by atoms with E-state index < -0.39 is 11.4 Å². The summed E-state index contributed by atoms with van der Waals surface area (Å²) >= 11 is 0. The molecule has 1 amide bonds. The average molecular weight is 385 g/mol. The van der Waals surface area contributed by atoms with E-state index in [0.717, 1.165) is 16.9 Å². The highest BCUT2D eigenvalue weighted by molar-refractivity contribution is 5.82. The Balaban J connectivity index is 2.01. The number of hydrogen-bond acceptors (Lipinski definition) is 4. The monoisotopic (exact) mass is 385 g/mol. The number of rotatable bonds is 9. The van der Waals surface area contributed by atoms with Crippen molar-refractivity contribution in [3.05, 3.63) is 59.7 Å². The lowest BCUT2D eigenvalue weighted by Crippen LogP contribution is -2.39. The van der Waals surface area contributed by atoms with Gasteiger partial charge in [0.2, 0.25) is 5.91 Å².